The summed E-state index contributed by atoms with van der Waals surface area (Å²) in [7, 11) is 0. The smallest absolute Gasteiger partial charge is 0.322 e. The maximum Gasteiger partial charge on any atom is 0.322 e. The lowest BCUT2D eigenvalue weighted by atomic mass is 9.94. The number of hydrogen-bond donors (Lipinski definition) is 4. The molecule has 0 saturated carbocycles. The van der Waals surface area contributed by atoms with E-state index >= 15 is 0 Å². The van der Waals surface area contributed by atoms with Gasteiger partial charge in [-0.05, 0) is 59.2 Å². The van der Waals surface area contributed by atoms with Gasteiger partial charge in [-0.2, -0.15) is 0 Å². The van der Waals surface area contributed by atoms with Gasteiger partial charge in [-0.3, -0.25) is 9.59 Å². The summed E-state index contributed by atoms with van der Waals surface area (Å²) < 4.78 is 37.5. The standard InChI is InChI=1S/C25H23F2NO7/c26-20-6-1-18(2-7-20)15-34-24(32)12-11-17(5-10-22(29)28-14-23(30)31)13-25(24,33)35-16-19-3-8-21(27)9-4-19/h1-13,32-33H,14-16H2,(H,28,29)(H,30,31)/b10-5+. The normalized spacial score (nSPS) is 21.7. The van der Waals surface area contributed by atoms with Crippen molar-refractivity contribution in [1.29, 1.82) is 0 Å². The third kappa shape index (κ3) is 7.14. The third-order valence-electron chi connectivity index (χ3n) is 4.96. The van der Waals surface area contributed by atoms with Gasteiger partial charge in [0.05, 0.1) is 13.2 Å². The van der Waals surface area contributed by atoms with Crippen molar-refractivity contribution in [2.45, 2.75) is 24.8 Å². The Morgan fingerprint density at radius 3 is 1.91 bits per heavy atom. The van der Waals surface area contributed by atoms with Crippen molar-refractivity contribution in [2.75, 3.05) is 6.54 Å². The molecule has 1 amide bonds. The molecule has 1 aliphatic carbocycles. The lowest BCUT2D eigenvalue weighted by Gasteiger charge is -2.40. The second-order valence-corrected chi connectivity index (χ2v) is 7.65. The van der Waals surface area contributed by atoms with Crippen LogP contribution in [0.3, 0.4) is 0 Å². The zero-order valence-corrected chi connectivity index (χ0v) is 18.4. The van der Waals surface area contributed by atoms with Crippen LogP contribution in [0.1, 0.15) is 11.1 Å². The Hall–Kier alpha value is -3.70. The number of rotatable bonds is 10. The first kappa shape index (κ1) is 25.9. The van der Waals surface area contributed by atoms with Gasteiger partial charge in [0.2, 0.25) is 17.5 Å². The molecular formula is C25H23F2NO7. The molecule has 184 valence electrons. The third-order valence-corrected chi connectivity index (χ3v) is 4.96. The fraction of sp³-hybridized carbons (Fsp3) is 0.200. The summed E-state index contributed by atoms with van der Waals surface area (Å²) in [5.41, 5.74) is 1.25. The largest absolute Gasteiger partial charge is 0.480 e. The Labute approximate surface area is 199 Å². The summed E-state index contributed by atoms with van der Waals surface area (Å²) in [5, 5.41) is 33.2. The second-order valence-electron chi connectivity index (χ2n) is 7.65. The molecule has 2 aromatic carbocycles. The number of nitrogens with one attached hydrogen (secondary N) is 1. The van der Waals surface area contributed by atoms with E-state index in [1.165, 1.54) is 60.7 Å². The molecular weight excluding hydrogens is 464 g/mol. The first-order chi connectivity index (χ1) is 16.6. The van der Waals surface area contributed by atoms with E-state index < -0.39 is 41.6 Å². The molecule has 0 saturated heterocycles. The molecule has 2 atom stereocenters. The molecule has 1 aliphatic rings. The Bertz CT molecular complexity index is 1150. The molecule has 2 unspecified atom stereocenters. The second kappa shape index (κ2) is 11.2. The highest BCUT2D eigenvalue weighted by Gasteiger charge is 2.51. The highest BCUT2D eigenvalue weighted by Crippen LogP contribution is 2.35. The predicted octanol–water partition coefficient (Wildman–Crippen LogP) is 2.33. The minimum absolute atomic E-state index is 0.208. The number of ether oxygens (including phenoxy) is 2. The number of aliphatic hydroxyl groups is 2. The van der Waals surface area contributed by atoms with Crippen LogP contribution in [-0.2, 0) is 32.3 Å². The van der Waals surface area contributed by atoms with Crippen LogP contribution in [0.15, 0.2) is 84.5 Å². The van der Waals surface area contributed by atoms with Crippen molar-refractivity contribution < 1.29 is 43.2 Å². The minimum Gasteiger partial charge on any atom is -0.480 e. The minimum atomic E-state index is -2.45. The quantitative estimate of drug-likeness (QED) is 0.299. The molecule has 0 bridgehead atoms. The van der Waals surface area contributed by atoms with E-state index in [0.29, 0.717) is 11.1 Å². The molecule has 10 heteroatoms. The Balaban J connectivity index is 1.80. The van der Waals surface area contributed by atoms with E-state index in [1.54, 1.807) is 0 Å². The van der Waals surface area contributed by atoms with Gasteiger partial charge in [-0.25, -0.2) is 8.78 Å². The summed E-state index contributed by atoms with van der Waals surface area (Å²) in [6.07, 6.45) is 5.92. The number of halogens is 2. The molecule has 0 radical (unpaired) electrons. The highest BCUT2D eigenvalue weighted by atomic mass is 19.1. The molecule has 0 fully saturated rings. The molecule has 0 spiro atoms. The molecule has 0 heterocycles. The van der Waals surface area contributed by atoms with Gasteiger partial charge in [0.25, 0.3) is 0 Å². The molecule has 3 rings (SSSR count). The SMILES string of the molecule is O=C(O)CNC(=O)/C=C/C1=CC(O)(OCc2ccc(F)cc2)C(O)(OCc2ccc(F)cc2)C=C1. The van der Waals surface area contributed by atoms with Gasteiger partial charge in [0, 0.05) is 6.08 Å². The summed E-state index contributed by atoms with van der Waals surface area (Å²) in [4.78, 5) is 22.3. The summed E-state index contributed by atoms with van der Waals surface area (Å²) in [5.74, 6) is -7.64. The van der Waals surface area contributed by atoms with E-state index in [9.17, 15) is 28.6 Å². The van der Waals surface area contributed by atoms with Crippen molar-refractivity contribution in [3.05, 3.63) is 107 Å². The number of carboxylic acids is 1. The van der Waals surface area contributed by atoms with E-state index in [-0.39, 0.29) is 18.8 Å². The van der Waals surface area contributed by atoms with Crippen molar-refractivity contribution in [3.63, 3.8) is 0 Å². The topological polar surface area (TPSA) is 125 Å². The van der Waals surface area contributed by atoms with Gasteiger partial charge in [-0.1, -0.05) is 30.3 Å². The van der Waals surface area contributed by atoms with Gasteiger partial charge in [0.15, 0.2) is 0 Å². The average molecular weight is 487 g/mol. The first-order valence-corrected chi connectivity index (χ1v) is 10.4. The summed E-state index contributed by atoms with van der Waals surface area (Å²) >= 11 is 0. The zero-order chi connectivity index (χ0) is 25.5. The number of allylic oxidation sites excluding steroid dienone is 3. The van der Waals surface area contributed by atoms with Crippen LogP contribution in [0.5, 0.6) is 0 Å². The Morgan fingerprint density at radius 1 is 0.886 bits per heavy atom. The van der Waals surface area contributed by atoms with Crippen LogP contribution in [0.25, 0.3) is 0 Å². The van der Waals surface area contributed by atoms with Gasteiger partial charge in [0.1, 0.15) is 18.2 Å². The van der Waals surface area contributed by atoms with E-state index in [2.05, 4.69) is 5.32 Å². The van der Waals surface area contributed by atoms with Crippen molar-refractivity contribution in [2.24, 2.45) is 0 Å². The molecule has 4 N–H and O–H groups in total. The molecule has 0 aromatic heterocycles. The van der Waals surface area contributed by atoms with E-state index in [0.717, 1.165) is 18.2 Å². The van der Waals surface area contributed by atoms with Gasteiger partial charge < -0.3 is 30.1 Å². The number of aliphatic carboxylic acids is 1. The Morgan fingerprint density at radius 2 is 1.40 bits per heavy atom. The van der Waals surface area contributed by atoms with Crippen LogP contribution >= 0.6 is 0 Å². The van der Waals surface area contributed by atoms with Crippen molar-refractivity contribution in [3.8, 4) is 0 Å². The maximum atomic E-state index is 13.2. The fourth-order valence-corrected chi connectivity index (χ4v) is 3.05. The van der Waals surface area contributed by atoms with Crippen LogP contribution in [0.4, 0.5) is 8.78 Å². The monoisotopic (exact) mass is 487 g/mol. The first-order valence-electron chi connectivity index (χ1n) is 10.4. The van der Waals surface area contributed by atoms with Gasteiger partial charge in [-0.15, -0.1) is 0 Å². The van der Waals surface area contributed by atoms with Crippen LogP contribution in [0.2, 0.25) is 0 Å². The highest BCUT2D eigenvalue weighted by molar-refractivity contribution is 5.90. The maximum absolute atomic E-state index is 13.2. The number of carbonyl (C=O) groups is 2. The number of amides is 1. The Kier molecular flexibility index (Phi) is 8.26. The fourth-order valence-electron chi connectivity index (χ4n) is 3.05. The number of benzene rings is 2. The average Bonchev–Trinajstić information content (AvgIpc) is 2.83. The predicted molar refractivity (Wildman–Crippen MR) is 119 cm³/mol. The summed E-state index contributed by atoms with van der Waals surface area (Å²) in [6.45, 7) is -1.01. The lowest BCUT2D eigenvalue weighted by molar-refractivity contribution is -0.349. The van der Waals surface area contributed by atoms with E-state index in [1.807, 2.05) is 0 Å². The number of hydrogen-bond acceptors (Lipinski definition) is 6. The molecule has 8 nitrogen and oxygen atoms in total. The number of carbonyl (C=O) groups excluding carboxylic acids is 1. The zero-order valence-electron chi connectivity index (χ0n) is 18.4. The van der Waals surface area contributed by atoms with Crippen molar-refractivity contribution >= 4 is 11.9 Å². The lowest BCUT2D eigenvalue weighted by Crippen LogP contribution is -2.56. The van der Waals surface area contributed by atoms with Crippen LogP contribution in [0, 0.1) is 11.6 Å². The van der Waals surface area contributed by atoms with E-state index in [4.69, 9.17) is 14.6 Å². The van der Waals surface area contributed by atoms with Gasteiger partial charge >= 0.3 is 5.97 Å². The van der Waals surface area contributed by atoms with Crippen LogP contribution in [-0.4, -0.2) is 45.3 Å². The molecule has 2 aromatic rings. The molecule has 35 heavy (non-hydrogen) atoms. The summed E-state index contributed by atoms with van der Waals surface area (Å²) in [6, 6.07) is 10.6. The number of carboxylic acid groups (broad SMARTS) is 1. The van der Waals surface area contributed by atoms with Crippen LogP contribution < -0.4 is 5.32 Å². The molecule has 0 aliphatic heterocycles. The van der Waals surface area contributed by atoms with Crippen molar-refractivity contribution in [1.82, 2.24) is 5.32 Å².